The number of halogens is 1. The van der Waals surface area contributed by atoms with Crippen molar-refractivity contribution < 1.29 is 14.3 Å². The van der Waals surface area contributed by atoms with Crippen molar-refractivity contribution >= 4 is 23.5 Å². The minimum atomic E-state index is -0.409. The first-order chi connectivity index (χ1) is 12.3. The molecule has 4 atom stereocenters. The van der Waals surface area contributed by atoms with Crippen molar-refractivity contribution in [3.63, 3.8) is 0 Å². The molecule has 1 aliphatic rings. The summed E-state index contributed by atoms with van der Waals surface area (Å²) < 4.78 is 5.33. The molecule has 5 heteroatoms. The van der Waals surface area contributed by atoms with Gasteiger partial charge in [0, 0.05) is 11.1 Å². The molecular weight excluding hydrogens is 350 g/mol. The molecule has 0 unspecified atom stereocenters. The normalized spacial score (nSPS) is 24.2. The highest BCUT2D eigenvalue weighted by Gasteiger charge is 2.29. The van der Waals surface area contributed by atoms with Gasteiger partial charge in [-0.3, -0.25) is 9.59 Å². The maximum absolute atomic E-state index is 12.5. The van der Waals surface area contributed by atoms with Crippen molar-refractivity contribution in [2.45, 2.75) is 58.9 Å². The zero-order valence-corrected chi connectivity index (χ0v) is 16.9. The van der Waals surface area contributed by atoms with Gasteiger partial charge in [-0.05, 0) is 41.9 Å². The Bertz CT molecular complexity index is 614. The minimum Gasteiger partial charge on any atom is -0.455 e. The largest absolute Gasteiger partial charge is 0.455 e. The number of hydrogen-bond acceptors (Lipinski definition) is 3. The van der Waals surface area contributed by atoms with Gasteiger partial charge < -0.3 is 10.1 Å². The summed E-state index contributed by atoms with van der Waals surface area (Å²) in [6.07, 6.45) is 3.33. The van der Waals surface area contributed by atoms with E-state index >= 15 is 0 Å². The van der Waals surface area contributed by atoms with E-state index < -0.39 is 5.92 Å². The number of amides is 1. The lowest BCUT2D eigenvalue weighted by atomic mass is 9.78. The molecule has 4 nitrogen and oxygen atoms in total. The molecule has 1 aromatic rings. The minimum absolute atomic E-state index is 0.0611. The van der Waals surface area contributed by atoms with E-state index in [1.165, 1.54) is 6.42 Å². The molecular formula is C21H30ClNO3. The van der Waals surface area contributed by atoms with Gasteiger partial charge in [0.25, 0.3) is 5.91 Å². The van der Waals surface area contributed by atoms with Crippen LogP contribution in [-0.2, 0) is 14.3 Å². The topological polar surface area (TPSA) is 55.4 Å². The van der Waals surface area contributed by atoms with Crippen LogP contribution in [0.5, 0.6) is 0 Å². The zero-order chi connectivity index (χ0) is 19.3. The third-order valence-corrected chi connectivity index (χ3v) is 5.80. The van der Waals surface area contributed by atoms with Crippen LogP contribution < -0.4 is 5.32 Å². The second kappa shape index (κ2) is 9.40. The van der Waals surface area contributed by atoms with Gasteiger partial charge in [-0.25, -0.2) is 0 Å². The smallest absolute Gasteiger partial charge is 0.314 e. The van der Waals surface area contributed by atoms with Crippen LogP contribution in [-0.4, -0.2) is 24.5 Å². The van der Waals surface area contributed by atoms with Crippen LogP contribution in [0.15, 0.2) is 24.3 Å². The molecule has 0 spiro atoms. The molecule has 26 heavy (non-hydrogen) atoms. The van der Waals surface area contributed by atoms with E-state index in [2.05, 4.69) is 19.2 Å². The van der Waals surface area contributed by atoms with Crippen LogP contribution in [0.3, 0.4) is 0 Å². The average Bonchev–Trinajstić information content (AvgIpc) is 2.59. The van der Waals surface area contributed by atoms with Gasteiger partial charge in [0.05, 0.1) is 5.92 Å². The number of carbonyl (C=O) groups excluding carboxylic acids is 2. The highest BCUT2D eigenvalue weighted by atomic mass is 35.5. The molecule has 2 rings (SSSR count). The molecule has 0 heterocycles. The van der Waals surface area contributed by atoms with E-state index in [9.17, 15) is 9.59 Å². The second-order valence-electron chi connectivity index (χ2n) is 7.82. The average molecular weight is 380 g/mol. The van der Waals surface area contributed by atoms with E-state index in [4.69, 9.17) is 16.3 Å². The number of ether oxygens (including phenoxy) is 1. The van der Waals surface area contributed by atoms with Crippen LogP contribution in [0.25, 0.3) is 0 Å². The fourth-order valence-corrected chi connectivity index (χ4v) is 3.85. The maximum atomic E-state index is 12.5. The van der Waals surface area contributed by atoms with Crippen LogP contribution in [0.1, 0.15) is 58.4 Å². The quantitative estimate of drug-likeness (QED) is 0.737. The molecule has 1 aromatic carbocycles. The standard InChI is InChI=1S/C21H30ClNO3/c1-13(2)20(16-8-10-17(22)11-9-16)21(25)26-12-19(24)23-18-7-5-6-14(3)15(18)4/h8-11,13-15,18,20H,5-7,12H2,1-4H3,(H,23,24)/t14-,15-,18-,20-/m1/s1. The molecule has 1 aliphatic carbocycles. The summed E-state index contributed by atoms with van der Waals surface area (Å²) in [5, 5.41) is 3.66. The molecule has 1 N–H and O–H groups in total. The van der Waals surface area contributed by atoms with E-state index in [1.807, 2.05) is 26.0 Å². The van der Waals surface area contributed by atoms with Gasteiger partial charge in [0.1, 0.15) is 0 Å². The summed E-state index contributed by atoms with van der Waals surface area (Å²) in [5.41, 5.74) is 0.851. The van der Waals surface area contributed by atoms with Crippen LogP contribution in [0, 0.1) is 17.8 Å². The molecule has 1 saturated carbocycles. The Labute approximate surface area is 161 Å². The lowest BCUT2D eigenvalue weighted by Gasteiger charge is -2.34. The van der Waals surface area contributed by atoms with Crippen LogP contribution in [0.2, 0.25) is 5.02 Å². The maximum Gasteiger partial charge on any atom is 0.314 e. The first-order valence-electron chi connectivity index (χ1n) is 9.51. The summed E-state index contributed by atoms with van der Waals surface area (Å²) in [6.45, 7) is 8.10. The number of rotatable bonds is 6. The lowest BCUT2D eigenvalue weighted by molar-refractivity contribution is -0.151. The highest BCUT2D eigenvalue weighted by molar-refractivity contribution is 6.30. The summed E-state index contributed by atoms with van der Waals surface area (Å²) in [5.74, 6) is 0.109. The fourth-order valence-electron chi connectivity index (χ4n) is 3.72. The second-order valence-corrected chi connectivity index (χ2v) is 8.26. The van der Waals surface area contributed by atoms with Gasteiger partial charge in [-0.2, -0.15) is 0 Å². The van der Waals surface area contributed by atoms with Crippen molar-refractivity contribution in [1.82, 2.24) is 5.32 Å². The van der Waals surface area contributed by atoms with Crippen molar-refractivity contribution in [3.05, 3.63) is 34.9 Å². The Morgan fingerprint density at radius 1 is 1.19 bits per heavy atom. The lowest BCUT2D eigenvalue weighted by Crippen LogP contribution is -2.45. The zero-order valence-electron chi connectivity index (χ0n) is 16.1. The SMILES string of the molecule is CC(C)[C@@H](C(=O)OCC(=O)N[C@@H]1CCC[C@@H](C)[C@H]1C)c1ccc(Cl)cc1. The summed E-state index contributed by atoms with van der Waals surface area (Å²) in [7, 11) is 0. The monoisotopic (exact) mass is 379 g/mol. The van der Waals surface area contributed by atoms with Crippen LogP contribution >= 0.6 is 11.6 Å². The molecule has 0 radical (unpaired) electrons. The van der Waals surface area contributed by atoms with Gasteiger partial charge in [-0.1, -0.05) is 64.3 Å². The fraction of sp³-hybridized carbons (Fsp3) is 0.619. The van der Waals surface area contributed by atoms with Gasteiger partial charge >= 0.3 is 5.97 Å². The molecule has 0 aliphatic heterocycles. The molecule has 0 bridgehead atoms. The van der Waals surface area contributed by atoms with Crippen molar-refractivity contribution in [3.8, 4) is 0 Å². The predicted molar refractivity (Wildman–Crippen MR) is 104 cm³/mol. The number of hydrogen-bond donors (Lipinski definition) is 1. The van der Waals surface area contributed by atoms with E-state index in [-0.39, 0.29) is 30.4 Å². The molecule has 1 amide bonds. The van der Waals surface area contributed by atoms with E-state index in [1.54, 1.807) is 12.1 Å². The molecule has 0 aromatic heterocycles. The highest BCUT2D eigenvalue weighted by Crippen LogP contribution is 2.30. The summed E-state index contributed by atoms with van der Waals surface area (Å²) in [4.78, 5) is 24.8. The van der Waals surface area contributed by atoms with Gasteiger partial charge in [-0.15, -0.1) is 0 Å². The molecule has 1 fully saturated rings. The number of esters is 1. The number of carbonyl (C=O) groups is 2. The predicted octanol–water partition coefficient (Wildman–Crippen LogP) is 4.56. The Morgan fingerprint density at radius 2 is 1.85 bits per heavy atom. The third kappa shape index (κ3) is 5.47. The van der Waals surface area contributed by atoms with Crippen LogP contribution in [0.4, 0.5) is 0 Å². The first-order valence-corrected chi connectivity index (χ1v) is 9.88. The first kappa shape index (κ1) is 20.8. The van der Waals surface area contributed by atoms with Gasteiger partial charge in [0.2, 0.25) is 0 Å². The summed E-state index contributed by atoms with van der Waals surface area (Å²) in [6, 6.07) is 7.36. The number of benzene rings is 1. The Kier molecular flexibility index (Phi) is 7.51. The molecule has 144 valence electrons. The Balaban J connectivity index is 1.91. The van der Waals surface area contributed by atoms with Crippen molar-refractivity contribution in [2.24, 2.45) is 17.8 Å². The Morgan fingerprint density at radius 3 is 2.46 bits per heavy atom. The van der Waals surface area contributed by atoms with Crippen molar-refractivity contribution in [2.75, 3.05) is 6.61 Å². The van der Waals surface area contributed by atoms with Crippen molar-refractivity contribution in [1.29, 1.82) is 0 Å². The molecule has 0 saturated heterocycles. The third-order valence-electron chi connectivity index (χ3n) is 5.55. The van der Waals surface area contributed by atoms with Gasteiger partial charge in [0.15, 0.2) is 6.61 Å². The number of nitrogens with one attached hydrogen (secondary N) is 1. The summed E-state index contributed by atoms with van der Waals surface area (Å²) >= 11 is 5.92. The van der Waals surface area contributed by atoms with E-state index in [0.29, 0.717) is 16.9 Å². The van der Waals surface area contributed by atoms with E-state index in [0.717, 1.165) is 18.4 Å². The Hall–Kier alpha value is -1.55.